The van der Waals surface area contributed by atoms with E-state index in [1.54, 1.807) is 13.0 Å². The van der Waals surface area contributed by atoms with Crippen LogP contribution in [-0.4, -0.2) is 30.2 Å². The van der Waals surface area contributed by atoms with Crippen LogP contribution in [0.1, 0.15) is 18.4 Å². The molecule has 1 unspecified atom stereocenters. The van der Waals surface area contributed by atoms with E-state index in [1.165, 1.54) is 12.1 Å². The number of urea groups is 1. The molecule has 1 aromatic carbocycles. The van der Waals surface area contributed by atoms with Crippen molar-refractivity contribution in [3.8, 4) is 0 Å². The Morgan fingerprint density at radius 1 is 1.55 bits per heavy atom. The number of rotatable bonds is 4. The maximum absolute atomic E-state index is 11.8. The Bertz CT molecular complexity index is 512. The van der Waals surface area contributed by atoms with Gasteiger partial charge in [0.25, 0.3) is 5.69 Å². The number of nitro benzene ring substituents is 1. The molecule has 0 aliphatic carbocycles. The van der Waals surface area contributed by atoms with E-state index >= 15 is 0 Å². The summed E-state index contributed by atoms with van der Waals surface area (Å²) in [6.45, 7) is 2.96. The summed E-state index contributed by atoms with van der Waals surface area (Å²) in [6, 6.07) is 3.98. The highest BCUT2D eigenvalue weighted by molar-refractivity contribution is 5.90. The summed E-state index contributed by atoms with van der Waals surface area (Å²) in [4.78, 5) is 22.0. The molecule has 7 heteroatoms. The van der Waals surface area contributed by atoms with Crippen LogP contribution in [0.5, 0.6) is 0 Å². The van der Waals surface area contributed by atoms with Gasteiger partial charge in [0.1, 0.15) is 0 Å². The first-order valence-electron chi connectivity index (χ1n) is 6.48. The van der Waals surface area contributed by atoms with Gasteiger partial charge in [-0.3, -0.25) is 10.1 Å². The molecule has 2 N–H and O–H groups in total. The summed E-state index contributed by atoms with van der Waals surface area (Å²) in [5, 5.41) is 16.0. The number of ether oxygens (including phenoxy) is 1. The van der Waals surface area contributed by atoms with E-state index in [1.807, 2.05) is 0 Å². The number of nitrogens with zero attached hydrogens (tertiary/aromatic N) is 1. The Hall–Kier alpha value is -2.15. The summed E-state index contributed by atoms with van der Waals surface area (Å²) in [5.74, 6) is 0. The number of carbonyl (C=O) groups is 1. The molecule has 0 spiro atoms. The second kappa shape index (κ2) is 6.33. The number of benzene rings is 1. The molecule has 1 aliphatic heterocycles. The lowest BCUT2D eigenvalue weighted by Crippen LogP contribution is -2.35. The lowest BCUT2D eigenvalue weighted by molar-refractivity contribution is -0.384. The molecule has 20 heavy (non-hydrogen) atoms. The van der Waals surface area contributed by atoms with Crippen LogP contribution in [0, 0.1) is 17.0 Å². The molecule has 1 aromatic rings. The van der Waals surface area contributed by atoms with Gasteiger partial charge in [-0.15, -0.1) is 0 Å². The molecule has 0 saturated carbocycles. The number of nitrogens with one attached hydrogen (secondary N) is 2. The SMILES string of the molecule is Cc1ccc([N+](=O)[O-])cc1NC(=O)NCC1CCCO1. The molecule has 108 valence electrons. The van der Waals surface area contributed by atoms with Gasteiger partial charge in [-0.25, -0.2) is 4.79 Å². The van der Waals surface area contributed by atoms with E-state index in [4.69, 9.17) is 4.74 Å². The fourth-order valence-corrected chi connectivity index (χ4v) is 2.04. The Balaban J connectivity index is 1.92. The third kappa shape index (κ3) is 3.67. The molecule has 2 amide bonds. The predicted molar refractivity (Wildman–Crippen MR) is 73.8 cm³/mol. The number of anilines is 1. The van der Waals surface area contributed by atoms with E-state index in [-0.39, 0.29) is 17.8 Å². The summed E-state index contributed by atoms with van der Waals surface area (Å²) in [6.07, 6.45) is 2.01. The maximum atomic E-state index is 11.8. The second-order valence-electron chi connectivity index (χ2n) is 4.73. The number of amides is 2. The van der Waals surface area contributed by atoms with Gasteiger partial charge in [0.2, 0.25) is 0 Å². The van der Waals surface area contributed by atoms with Crippen LogP contribution >= 0.6 is 0 Å². The average molecular weight is 279 g/mol. The monoisotopic (exact) mass is 279 g/mol. The van der Waals surface area contributed by atoms with Gasteiger partial charge in [-0.1, -0.05) is 6.07 Å². The summed E-state index contributed by atoms with van der Waals surface area (Å²) in [5.41, 5.74) is 1.15. The Kier molecular flexibility index (Phi) is 4.52. The lowest BCUT2D eigenvalue weighted by Gasteiger charge is -2.12. The van der Waals surface area contributed by atoms with Gasteiger partial charge >= 0.3 is 6.03 Å². The van der Waals surface area contributed by atoms with Crippen molar-refractivity contribution in [3.63, 3.8) is 0 Å². The van der Waals surface area contributed by atoms with E-state index in [0.29, 0.717) is 12.2 Å². The number of hydrogen-bond acceptors (Lipinski definition) is 4. The molecule has 2 rings (SSSR count). The van der Waals surface area contributed by atoms with Crippen LogP contribution in [-0.2, 0) is 4.74 Å². The second-order valence-corrected chi connectivity index (χ2v) is 4.73. The van der Waals surface area contributed by atoms with Gasteiger partial charge in [-0.05, 0) is 25.3 Å². The quantitative estimate of drug-likeness (QED) is 0.652. The van der Waals surface area contributed by atoms with Crippen molar-refractivity contribution in [2.24, 2.45) is 0 Å². The van der Waals surface area contributed by atoms with Gasteiger partial charge in [-0.2, -0.15) is 0 Å². The largest absolute Gasteiger partial charge is 0.376 e. The fraction of sp³-hybridized carbons (Fsp3) is 0.462. The van der Waals surface area contributed by atoms with Crippen molar-refractivity contribution >= 4 is 17.4 Å². The first-order chi connectivity index (χ1) is 9.56. The summed E-state index contributed by atoms with van der Waals surface area (Å²) >= 11 is 0. The highest BCUT2D eigenvalue weighted by Crippen LogP contribution is 2.21. The molecular formula is C13H17N3O4. The van der Waals surface area contributed by atoms with Crippen molar-refractivity contribution in [3.05, 3.63) is 33.9 Å². The Labute approximate surface area is 116 Å². The van der Waals surface area contributed by atoms with E-state index in [9.17, 15) is 14.9 Å². The third-order valence-electron chi connectivity index (χ3n) is 3.19. The smallest absolute Gasteiger partial charge is 0.319 e. The van der Waals surface area contributed by atoms with Crippen molar-refractivity contribution in [2.45, 2.75) is 25.9 Å². The molecule has 1 atom stereocenters. The van der Waals surface area contributed by atoms with E-state index in [0.717, 1.165) is 25.0 Å². The van der Waals surface area contributed by atoms with Gasteiger partial charge < -0.3 is 15.4 Å². The van der Waals surface area contributed by atoms with E-state index in [2.05, 4.69) is 10.6 Å². The lowest BCUT2D eigenvalue weighted by atomic mass is 10.2. The van der Waals surface area contributed by atoms with Crippen molar-refractivity contribution < 1.29 is 14.5 Å². The zero-order valence-electron chi connectivity index (χ0n) is 11.2. The maximum Gasteiger partial charge on any atom is 0.319 e. The molecule has 0 radical (unpaired) electrons. The molecule has 1 saturated heterocycles. The van der Waals surface area contributed by atoms with E-state index < -0.39 is 4.92 Å². The molecule has 1 fully saturated rings. The van der Waals surface area contributed by atoms with Crippen LogP contribution in [0.15, 0.2) is 18.2 Å². The van der Waals surface area contributed by atoms with Crippen molar-refractivity contribution in [2.75, 3.05) is 18.5 Å². The zero-order chi connectivity index (χ0) is 14.5. The number of nitro groups is 1. The van der Waals surface area contributed by atoms with Crippen LogP contribution in [0.25, 0.3) is 0 Å². The molecule has 1 heterocycles. The van der Waals surface area contributed by atoms with Gasteiger partial charge in [0.05, 0.1) is 16.7 Å². The molecular weight excluding hydrogens is 262 g/mol. The first kappa shape index (κ1) is 14.3. The topological polar surface area (TPSA) is 93.5 Å². The number of carbonyl (C=O) groups excluding carboxylic acids is 1. The first-order valence-corrected chi connectivity index (χ1v) is 6.48. The average Bonchev–Trinajstić information content (AvgIpc) is 2.92. The minimum Gasteiger partial charge on any atom is -0.376 e. The molecule has 0 bridgehead atoms. The van der Waals surface area contributed by atoms with Gasteiger partial charge in [0.15, 0.2) is 0 Å². The fourth-order valence-electron chi connectivity index (χ4n) is 2.04. The highest BCUT2D eigenvalue weighted by Gasteiger charge is 2.16. The molecule has 7 nitrogen and oxygen atoms in total. The number of hydrogen-bond donors (Lipinski definition) is 2. The summed E-state index contributed by atoms with van der Waals surface area (Å²) < 4.78 is 5.40. The zero-order valence-corrected chi connectivity index (χ0v) is 11.2. The minimum absolute atomic E-state index is 0.0509. The molecule has 1 aliphatic rings. The van der Waals surface area contributed by atoms with Crippen LogP contribution in [0.3, 0.4) is 0 Å². The third-order valence-corrected chi connectivity index (χ3v) is 3.19. The van der Waals surface area contributed by atoms with Crippen molar-refractivity contribution in [1.29, 1.82) is 0 Å². The standard InChI is InChI=1S/C13H17N3O4/c1-9-4-5-10(16(18)19)7-12(9)15-13(17)14-8-11-3-2-6-20-11/h4-5,7,11H,2-3,6,8H2,1H3,(H2,14,15,17). The minimum atomic E-state index is -0.491. The normalized spacial score (nSPS) is 17.8. The van der Waals surface area contributed by atoms with Crippen LogP contribution < -0.4 is 10.6 Å². The summed E-state index contributed by atoms with van der Waals surface area (Å²) in [7, 11) is 0. The molecule has 0 aromatic heterocycles. The highest BCUT2D eigenvalue weighted by atomic mass is 16.6. The van der Waals surface area contributed by atoms with Crippen LogP contribution in [0.2, 0.25) is 0 Å². The number of aryl methyl sites for hydroxylation is 1. The Morgan fingerprint density at radius 2 is 2.35 bits per heavy atom. The van der Waals surface area contributed by atoms with Gasteiger partial charge in [0, 0.05) is 25.3 Å². The number of non-ortho nitro benzene ring substituents is 1. The van der Waals surface area contributed by atoms with Crippen molar-refractivity contribution in [1.82, 2.24) is 5.32 Å². The van der Waals surface area contributed by atoms with Crippen LogP contribution in [0.4, 0.5) is 16.2 Å². The predicted octanol–water partition coefficient (Wildman–Crippen LogP) is 2.20. The Morgan fingerprint density at radius 3 is 3.00 bits per heavy atom.